The maximum Gasteiger partial charge on any atom is 0.266 e. The zero-order valence-electron chi connectivity index (χ0n) is 17.5. The quantitative estimate of drug-likeness (QED) is 0.515. The summed E-state index contributed by atoms with van der Waals surface area (Å²) < 4.78 is 2.26. The third-order valence-electron chi connectivity index (χ3n) is 5.83. The van der Waals surface area contributed by atoms with Gasteiger partial charge in [0.05, 0.1) is 21.7 Å². The number of thiocarbonyl (C=S) groups is 1. The minimum Gasteiger partial charge on any atom is -0.370 e. The van der Waals surface area contributed by atoms with Gasteiger partial charge in [-0.15, -0.1) is 0 Å². The number of anilines is 1. The van der Waals surface area contributed by atoms with Crippen molar-refractivity contribution in [3.63, 3.8) is 0 Å². The minimum atomic E-state index is -0.0936. The first-order valence-corrected chi connectivity index (χ1v) is 11.9. The van der Waals surface area contributed by atoms with E-state index in [9.17, 15) is 9.59 Å². The Kier molecular flexibility index (Phi) is 6.29. The van der Waals surface area contributed by atoms with Crippen molar-refractivity contribution < 1.29 is 4.79 Å². The van der Waals surface area contributed by atoms with Crippen LogP contribution in [-0.4, -0.2) is 39.3 Å². The van der Waals surface area contributed by atoms with Crippen molar-refractivity contribution in [2.75, 3.05) is 24.5 Å². The molecule has 5 nitrogen and oxygen atoms in total. The van der Waals surface area contributed by atoms with Crippen LogP contribution in [0.15, 0.2) is 34.0 Å². The molecule has 0 saturated carbocycles. The third-order valence-corrected chi connectivity index (χ3v) is 7.21. The van der Waals surface area contributed by atoms with Crippen molar-refractivity contribution in [1.82, 2.24) is 9.47 Å². The third kappa shape index (κ3) is 3.81. The van der Waals surface area contributed by atoms with E-state index in [0.29, 0.717) is 21.3 Å². The Labute approximate surface area is 186 Å². The van der Waals surface area contributed by atoms with Crippen LogP contribution >= 0.6 is 24.0 Å². The summed E-state index contributed by atoms with van der Waals surface area (Å²) in [5.41, 5.74) is 2.39. The van der Waals surface area contributed by atoms with E-state index >= 15 is 0 Å². The number of thioether (sulfide) groups is 1. The summed E-state index contributed by atoms with van der Waals surface area (Å²) >= 11 is 6.72. The standard InChI is InChI=1S/C23H27N3O2S2/c1-3-12-26-22(28)19(30-23(26)29)15-17-20(25-13-8-4-5-9-14-25)16-10-6-7-11-18(16)24(2)21(17)27/h6-7,10-11,15H,3-5,8-9,12-14H2,1-2H3. The Morgan fingerprint density at radius 3 is 2.50 bits per heavy atom. The molecule has 1 amide bonds. The number of para-hydroxylation sites is 1. The van der Waals surface area contributed by atoms with Crippen LogP contribution in [0.5, 0.6) is 0 Å². The summed E-state index contributed by atoms with van der Waals surface area (Å²) in [6, 6.07) is 8.04. The lowest BCUT2D eigenvalue weighted by Crippen LogP contribution is -2.30. The van der Waals surface area contributed by atoms with Crippen LogP contribution in [0.3, 0.4) is 0 Å². The number of pyridine rings is 1. The molecular weight excluding hydrogens is 414 g/mol. The Morgan fingerprint density at radius 2 is 1.80 bits per heavy atom. The Balaban J connectivity index is 1.92. The van der Waals surface area contributed by atoms with E-state index in [1.54, 1.807) is 22.6 Å². The molecule has 158 valence electrons. The molecule has 2 aromatic rings. The van der Waals surface area contributed by atoms with Gasteiger partial charge in [-0.2, -0.15) is 0 Å². The Bertz CT molecular complexity index is 1080. The van der Waals surface area contributed by atoms with E-state index in [-0.39, 0.29) is 11.5 Å². The first-order valence-electron chi connectivity index (χ1n) is 10.6. The first kappa shape index (κ1) is 21.1. The number of aromatic nitrogens is 1. The lowest BCUT2D eigenvalue weighted by atomic mass is 10.1. The fraction of sp³-hybridized carbons (Fsp3) is 0.435. The lowest BCUT2D eigenvalue weighted by molar-refractivity contribution is -0.122. The molecule has 0 radical (unpaired) electrons. The van der Waals surface area contributed by atoms with Crippen LogP contribution in [0.2, 0.25) is 0 Å². The van der Waals surface area contributed by atoms with Crippen molar-refractivity contribution in [2.45, 2.75) is 39.0 Å². The number of hydrogen-bond acceptors (Lipinski definition) is 5. The molecule has 0 bridgehead atoms. The smallest absolute Gasteiger partial charge is 0.266 e. The summed E-state index contributed by atoms with van der Waals surface area (Å²) in [7, 11) is 1.80. The number of aryl methyl sites for hydroxylation is 1. The molecular formula is C23H27N3O2S2. The molecule has 0 unspecified atom stereocenters. The van der Waals surface area contributed by atoms with Crippen molar-refractivity contribution in [1.29, 1.82) is 0 Å². The van der Waals surface area contributed by atoms with Gasteiger partial charge in [-0.3, -0.25) is 14.5 Å². The molecule has 30 heavy (non-hydrogen) atoms. The molecule has 3 heterocycles. The number of benzene rings is 1. The van der Waals surface area contributed by atoms with Crippen LogP contribution in [0.25, 0.3) is 17.0 Å². The monoisotopic (exact) mass is 441 g/mol. The highest BCUT2D eigenvalue weighted by atomic mass is 32.2. The number of carbonyl (C=O) groups is 1. The fourth-order valence-corrected chi connectivity index (χ4v) is 5.61. The van der Waals surface area contributed by atoms with E-state index in [1.165, 1.54) is 24.6 Å². The summed E-state index contributed by atoms with van der Waals surface area (Å²) in [4.78, 5) is 30.9. The second-order valence-corrected chi connectivity index (χ2v) is 9.55. The van der Waals surface area contributed by atoms with Gasteiger partial charge in [0.1, 0.15) is 4.32 Å². The van der Waals surface area contributed by atoms with Gasteiger partial charge in [-0.05, 0) is 31.4 Å². The molecule has 0 N–H and O–H groups in total. The summed E-state index contributed by atoms with van der Waals surface area (Å²) in [5, 5.41) is 1.05. The minimum absolute atomic E-state index is 0.0753. The number of amides is 1. The van der Waals surface area contributed by atoms with Gasteiger partial charge in [0.25, 0.3) is 11.5 Å². The van der Waals surface area contributed by atoms with Crippen molar-refractivity contribution >= 4 is 56.9 Å². The van der Waals surface area contributed by atoms with Crippen LogP contribution < -0.4 is 10.5 Å². The van der Waals surface area contributed by atoms with Gasteiger partial charge < -0.3 is 9.47 Å². The molecule has 0 atom stereocenters. The zero-order chi connectivity index (χ0) is 21.3. The molecule has 2 fully saturated rings. The molecule has 2 saturated heterocycles. The highest BCUT2D eigenvalue weighted by molar-refractivity contribution is 8.26. The molecule has 0 spiro atoms. The van der Waals surface area contributed by atoms with Crippen LogP contribution in [-0.2, 0) is 11.8 Å². The first-order chi connectivity index (χ1) is 14.5. The number of rotatable bonds is 4. The van der Waals surface area contributed by atoms with Crippen LogP contribution in [0.4, 0.5) is 5.69 Å². The fourth-order valence-electron chi connectivity index (χ4n) is 4.32. The van der Waals surface area contributed by atoms with Crippen molar-refractivity contribution in [3.8, 4) is 0 Å². The second kappa shape index (κ2) is 8.94. The predicted octanol–water partition coefficient (Wildman–Crippen LogP) is 4.53. The number of nitrogens with zero attached hydrogens (tertiary/aromatic N) is 3. The second-order valence-electron chi connectivity index (χ2n) is 7.88. The van der Waals surface area contributed by atoms with Crippen molar-refractivity contribution in [3.05, 3.63) is 45.1 Å². The average molecular weight is 442 g/mol. The molecule has 2 aliphatic rings. The van der Waals surface area contributed by atoms with Gasteiger partial charge in [0, 0.05) is 32.1 Å². The molecule has 2 aliphatic heterocycles. The molecule has 0 aliphatic carbocycles. The summed E-state index contributed by atoms with van der Waals surface area (Å²) in [6.45, 7) is 4.49. The number of carbonyl (C=O) groups excluding carboxylic acids is 1. The van der Waals surface area contributed by atoms with E-state index in [1.807, 2.05) is 25.1 Å². The van der Waals surface area contributed by atoms with Gasteiger partial charge in [0.2, 0.25) is 0 Å². The Hall–Kier alpha value is -2.12. The van der Waals surface area contributed by atoms with E-state index in [4.69, 9.17) is 12.2 Å². The molecule has 1 aromatic carbocycles. The van der Waals surface area contributed by atoms with E-state index < -0.39 is 0 Å². The predicted molar refractivity (Wildman–Crippen MR) is 130 cm³/mol. The zero-order valence-corrected chi connectivity index (χ0v) is 19.2. The molecule has 1 aromatic heterocycles. The normalized spacial score (nSPS) is 19.2. The Morgan fingerprint density at radius 1 is 1.10 bits per heavy atom. The summed E-state index contributed by atoms with van der Waals surface area (Å²) in [6.07, 6.45) is 7.28. The highest BCUT2D eigenvalue weighted by Crippen LogP contribution is 2.36. The number of fused-ring (bicyclic) bond motifs is 1. The maximum absolute atomic E-state index is 13.4. The lowest BCUT2D eigenvalue weighted by Gasteiger charge is -2.27. The van der Waals surface area contributed by atoms with Crippen LogP contribution in [0.1, 0.15) is 44.6 Å². The average Bonchev–Trinajstić information content (AvgIpc) is 2.94. The van der Waals surface area contributed by atoms with Gasteiger partial charge >= 0.3 is 0 Å². The molecule has 4 rings (SSSR count). The molecule has 7 heteroatoms. The van der Waals surface area contributed by atoms with Gasteiger partial charge in [-0.1, -0.05) is 61.9 Å². The van der Waals surface area contributed by atoms with Crippen molar-refractivity contribution in [2.24, 2.45) is 7.05 Å². The number of hydrogen-bond donors (Lipinski definition) is 0. The van der Waals surface area contributed by atoms with Crippen LogP contribution in [0, 0.1) is 0 Å². The highest BCUT2D eigenvalue weighted by Gasteiger charge is 2.32. The topological polar surface area (TPSA) is 45.6 Å². The van der Waals surface area contributed by atoms with E-state index in [0.717, 1.165) is 48.9 Å². The largest absolute Gasteiger partial charge is 0.370 e. The van der Waals surface area contributed by atoms with Gasteiger partial charge in [0.15, 0.2) is 0 Å². The summed E-state index contributed by atoms with van der Waals surface area (Å²) in [5.74, 6) is -0.0936. The SMILES string of the molecule is CCCN1C(=O)C(=Cc2c(N3CCCCCC3)c3ccccc3n(C)c2=O)SC1=S. The van der Waals surface area contributed by atoms with E-state index in [2.05, 4.69) is 11.0 Å². The maximum atomic E-state index is 13.4. The van der Waals surface area contributed by atoms with Gasteiger partial charge in [-0.25, -0.2) is 0 Å².